The van der Waals surface area contributed by atoms with Crippen molar-refractivity contribution in [3.05, 3.63) is 58.2 Å². The Balaban J connectivity index is 1.32. The zero-order valence-electron chi connectivity index (χ0n) is 15.9. The van der Waals surface area contributed by atoms with Crippen molar-refractivity contribution in [2.45, 2.75) is 55.9 Å². The average molecular weight is 430 g/mol. The zero-order chi connectivity index (χ0) is 19.6. The van der Waals surface area contributed by atoms with Gasteiger partial charge in [0.2, 0.25) is 17.1 Å². The second-order valence-electron chi connectivity index (χ2n) is 9.23. The van der Waals surface area contributed by atoms with Crippen LogP contribution in [0.5, 0.6) is 0 Å². The summed E-state index contributed by atoms with van der Waals surface area (Å²) in [7, 11) is 0. The summed E-state index contributed by atoms with van der Waals surface area (Å²) in [6.07, 6.45) is 9.19. The van der Waals surface area contributed by atoms with Crippen molar-refractivity contribution in [2.24, 2.45) is 11.8 Å². The first-order valence-corrected chi connectivity index (χ1v) is 10.9. The number of benzene rings is 1. The van der Waals surface area contributed by atoms with Crippen molar-refractivity contribution >= 4 is 23.2 Å². The van der Waals surface area contributed by atoms with Crippen molar-refractivity contribution in [2.75, 3.05) is 0 Å². The summed E-state index contributed by atoms with van der Waals surface area (Å²) >= 11 is 12.0. The molecule has 4 fully saturated rings. The Morgan fingerprint density at radius 1 is 1.03 bits per heavy atom. The molecular weight excluding hydrogens is 409 g/mol. The van der Waals surface area contributed by atoms with E-state index in [0.29, 0.717) is 29.4 Å². The molecule has 29 heavy (non-hydrogen) atoms. The van der Waals surface area contributed by atoms with Gasteiger partial charge in [0.05, 0.1) is 17.4 Å². The molecule has 7 rings (SSSR count). The highest BCUT2D eigenvalue weighted by Gasteiger charge is 2.61. The van der Waals surface area contributed by atoms with Crippen LogP contribution in [0.3, 0.4) is 0 Å². The zero-order valence-corrected chi connectivity index (χ0v) is 17.4. The molecule has 4 saturated carbocycles. The Hall–Kier alpha value is -1.92. The molecular formula is C21H21Cl2N5O. The fourth-order valence-corrected chi connectivity index (χ4v) is 6.77. The lowest BCUT2D eigenvalue weighted by Crippen LogP contribution is -2.58. The molecule has 3 aromatic rings. The van der Waals surface area contributed by atoms with E-state index in [1.165, 1.54) is 6.42 Å². The molecule has 0 unspecified atom stereocenters. The molecule has 0 radical (unpaired) electrons. The first-order chi connectivity index (χ1) is 14.0. The maximum absolute atomic E-state index is 6.26. The number of nitrogens with zero attached hydrogens (tertiary/aromatic N) is 5. The normalized spacial score (nSPS) is 32.8. The highest BCUT2D eigenvalue weighted by atomic mass is 35.5. The van der Waals surface area contributed by atoms with Crippen molar-refractivity contribution in [3.63, 3.8) is 0 Å². The molecule has 150 valence electrons. The van der Waals surface area contributed by atoms with E-state index in [1.807, 2.05) is 28.9 Å². The van der Waals surface area contributed by atoms with Gasteiger partial charge in [-0.1, -0.05) is 23.7 Å². The second kappa shape index (κ2) is 6.29. The van der Waals surface area contributed by atoms with Crippen LogP contribution in [0.2, 0.25) is 10.3 Å². The maximum Gasteiger partial charge on any atom is 0.242 e. The Morgan fingerprint density at radius 2 is 1.79 bits per heavy atom. The van der Waals surface area contributed by atoms with E-state index in [4.69, 9.17) is 27.6 Å². The molecule has 2 atom stereocenters. The lowest BCUT2D eigenvalue weighted by atomic mass is 9.47. The Bertz CT molecular complexity index is 1050. The van der Waals surface area contributed by atoms with Crippen molar-refractivity contribution in [1.82, 2.24) is 25.0 Å². The smallest absolute Gasteiger partial charge is 0.242 e. The summed E-state index contributed by atoms with van der Waals surface area (Å²) in [5.41, 5.74) is 1.02. The molecule has 4 aliphatic rings. The minimum absolute atomic E-state index is 0.0327. The number of hydrogen-bond acceptors (Lipinski definition) is 5. The molecule has 4 bridgehead atoms. The van der Waals surface area contributed by atoms with Crippen molar-refractivity contribution in [1.29, 1.82) is 0 Å². The number of hydrogen-bond donors (Lipinski definition) is 0. The van der Waals surface area contributed by atoms with Gasteiger partial charge in [0.25, 0.3) is 0 Å². The van der Waals surface area contributed by atoms with Crippen LogP contribution in [0.15, 0.2) is 35.0 Å². The SMILES string of the molecule is Clc1ccc(Cc2nnc(C34C[C@@H]5C[C@@H](C3)CC(n3cnc(Cl)n3)(C5)C4)o2)cc1. The molecule has 2 heterocycles. The third-order valence-corrected chi connectivity index (χ3v) is 7.59. The summed E-state index contributed by atoms with van der Waals surface area (Å²) in [4.78, 5) is 4.18. The van der Waals surface area contributed by atoms with Gasteiger partial charge in [-0.15, -0.1) is 15.3 Å². The van der Waals surface area contributed by atoms with Gasteiger partial charge in [-0.3, -0.25) is 0 Å². The third kappa shape index (κ3) is 2.91. The predicted molar refractivity (Wildman–Crippen MR) is 108 cm³/mol. The molecule has 1 aromatic carbocycles. The van der Waals surface area contributed by atoms with E-state index in [9.17, 15) is 0 Å². The number of halogens is 2. The average Bonchev–Trinajstić information content (AvgIpc) is 3.33. The first kappa shape index (κ1) is 17.9. The quantitative estimate of drug-likeness (QED) is 0.595. The van der Waals surface area contributed by atoms with Gasteiger partial charge in [-0.05, 0) is 79.7 Å². The van der Waals surface area contributed by atoms with Gasteiger partial charge >= 0.3 is 0 Å². The number of aromatic nitrogens is 5. The Labute approximate surface area is 178 Å². The van der Waals surface area contributed by atoms with Crippen LogP contribution in [0.25, 0.3) is 0 Å². The molecule has 8 heteroatoms. The van der Waals surface area contributed by atoms with E-state index >= 15 is 0 Å². The van der Waals surface area contributed by atoms with Crippen molar-refractivity contribution < 1.29 is 4.42 Å². The van der Waals surface area contributed by atoms with E-state index in [1.54, 1.807) is 6.33 Å². The highest BCUT2D eigenvalue weighted by Crippen LogP contribution is 2.64. The topological polar surface area (TPSA) is 69.6 Å². The Morgan fingerprint density at radius 3 is 2.48 bits per heavy atom. The van der Waals surface area contributed by atoms with E-state index in [2.05, 4.69) is 20.3 Å². The standard InChI is InChI=1S/C21H21Cl2N5O/c22-16-3-1-13(2-4-16)6-17-25-26-18(29-17)20-7-14-5-15(8-20)10-21(9-14,11-20)28-12-24-19(23)27-28/h1-4,12,14-15H,5-11H2/t14-,15-,20?,21?/m0/s1. The molecule has 0 aliphatic heterocycles. The largest absolute Gasteiger partial charge is 0.424 e. The maximum atomic E-state index is 6.26. The van der Waals surface area contributed by atoms with Gasteiger partial charge in [-0.25, -0.2) is 9.67 Å². The van der Waals surface area contributed by atoms with Gasteiger partial charge in [0.15, 0.2) is 0 Å². The molecule has 0 amide bonds. The van der Waals surface area contributed by atoms with Crippen LogP contribution in [0.4, 0.5) is 0 Å². The van der Waals surface area contributed by atoms with Gasteiger partial charge in [-0.2, -0.15) is 0 Å². The van der Waals surface area contributed by atoms with Crippen LogP contribution in [0, 0.1) is 11.8 Å². The summed E-state index contributed by atoms with van der Waals surface area (Å²) in [5.74, 6) is 2.78. The summed E-state index contributed by atoms with van der Waals surface area (Å²) < 4.78 is 8.28. The highest BCUT2D eigenvalue weighted by molar-refractivity contribution is 6.30. The lowest BCUT2D eigenvalue weighted by molar-refractivity contribution is -0.0775. The molecule has 0 spiro atoms. The fourth-order valence-electron chi connectivity index (χ4n) is 6.52. The minimum atomic E-state index is -0.0618. The molecule has 2 aromatic heterocycles. The predicted octanol–water partition coefficient (Wildman–Crippen LogP) is 4.81. The fraction of sp³-hybridized carbons (Fsp3) is 0.524. The van der Waals surface area contributed by atoms with Crippen molar-refractivity contribution in [3.8, 4) is 0 Å². The van der Waals surface area contributed by atoms with Crippen LogP contribution in [-0.4, -0.2) is 25.0 Å². The van der Waals surface area contributed by atoms with E-state index in [-0.39, 0.29) is 11.0 Å². The third-order valence-electron chi connectivity index (χ3n) is 7.17. The summed E-state index contributed by atoms with van der Waals surface area (Å²) in [6.45, 7) is 0. The molecule has 0 N–H and O–H groups in total. The van der Waals surface area contributed by atoms with Crippen LogP contribution < -0.4 is 0 Å². The lowest BCUT2D eigenvalue weighted by Gasteiger charge is -2.60. The number of rotatable bonds is 4. The molecule has 6 nitrogen and oxygen atoms in total. The minimum Gasteiger partial charge on any atom is -0.424 e. The first-order valence-electron chi connectivity index (χ1n) is 10.2. The van der Waals surface area contributed by atoms with Crippen LogP contribution in [0.1, 0.15) is 55.9 Å². The molecule has 0 saturated heterocycles. The van der Waals surface area contributed by atoms with Gasteiger partial charge < -0.3 is 4.42 Å². The van der Waals surface area contributed by atoms with Gasteiger partial charge in [0.1, 0.15) is 6.33 Å². The molecule has 4 aliphatic carbocycles. The summed E-state index contributed by atoms with van der Waals surface area (Å²) in [5, 5.41) is 14.5. The monoisotopic (exact) mass is 429 g/mol. The van der Waals surface area contributed by atoms with Crippen LogP contribution in [-0.2, 0) is 17.4 Å². The van der Waals surface area contributed by atoms with Crippen LogP contribution >= 0.6 is 23.2 Å². The second-order valence-corrected chi connectivity index (χ2v) is 10.0. The van der Waals surface area contributed by atoms with E-state index in [0.717, 1.165) is 48.6 Å². The summed E-state index contributed by atoms with van der Waals surface area (Å²) in [6, 6.07) is 7.78. The van der Waals surface area contributed by atoms with E-state index < -0.39 is 0 Å². The Kier molecular flexibility index (Phi) is 3.88. The van der Waals surface area contributed by atoms with Gasteiger partial charge in [0, 0.05) is 5.02 Å².